The predicted octanol–water partition coefficient (Wildman–Crippen LogP) is 3.01. The summed E-state index contributed by atoms with van der Waals surface area (Å²) in [6.45, 7) is 1.97. The number of hydrogen-bond donors (Lipinski definition) is 2. The van der Waals surface area contributed by atoms with E-state index < -0.39 is 12.0 Å². The smallest absolute Gasteiger partial charge is 0.305 e. The van der Waals surface area contributed by atoms with Gasteiger partial charge in [-0.1, -0.05) is 24.3 Å². The molecule has 0 fully saturated rings. The summed E-state index contributed by atoms with van der Waals surface area (Å²) < 4.78 is 0. The van der Waals surface area contributed by atoms with Gasteiger partial charge in [-0.05, 0) is 18.1 Å². The van der Waals surface area contributed by atoms with E-state index in [1.807, 2.05) is 36.7 Å². The molecular weight excluding hydrogens is 284 g/mol. The molecule has 6 heteroatoms. The average Bonchev–Trinajstić information content (AvgIpc) is 2.75. The molecule has 102 valence electrons. The minimum absolute atomic E-state index is 0. The van der Waals surface area contributed by atoms with Gasteiger partial charge in [0.1, 0.15) is 0 Å². The maximum absolute atomic E-state index is 10.6. The summed E-state index contributed by atoms with van der Waals surface area (Å²) >= 11 is 1.59. The third-order valence-electron chi connectivity index (χ3n) is 2.74. The number of carbonyl (C=O) groups is 1. The highest BCUT2D eigenvalue weighted by Crippen LogP contribution is 2.28. The fourth-order valence-electron chi connectivity index (χ4n) is 1.77. The first kappa shape index (κ1) is 15.6. The Labute approximate surface area is 121 Å². The van der Waals surface area contributed by atoms with Crippen molar-refractivity contribution in [2.45, 2.75) is 19.4 Å². The third kappa shape index (κ3) is 3.76. The Hall–Kier alpha value is -1.43. The second-order valence-corrected chi connectivity index (χ2v) is 4.95. The molecule has 0 aliphatic carbocycles. The SMILES string of the molecule is Cc1ncsc1-c1ccc(C(N)CC(=O)O)cc1.Cl. The van der Waals surface area contributed by atoms with E-state index in [1.165, 1.54) is 0 Å². The zero-order chi connectivity index (χ0) is 13.1. The quantitative estimate of drug-likeness (QED) is 0.909. The van der Waals surface area contributed by atoms with E-state index in [-0.39, 0.29) is 18.8 Å². The average molecular weight is 299 g/mol. The van der Waals surface area contributed by atoms with Crippen molar-refractivity contribution in [2.24, 2.45) is 5.73 Å². The molecule has 1 heterocycles. The molecule has 1 unspecified atom stereocenters. The maximum Gasteiger partial charge on any atom is 0.305 e. The minimum atomic E-state index is -0.884. The second-order valence-electron chi connectivity index (χ2n) is 4.09. The Morgan fingerprint density at radius 2 is 2.05 bits per heavy atom. The fraction of sp³-hybridized carbons (Fsp3) is 0.231. The number of halogens is 1. The summed E-state index contributed by atoms with van der Waals surface area (Å²) in [5.41, 5.74) is 10.5. The Kier molecular flexibility index (Phi) is 5.47. The van der Waals surface area contributed by atoms with E-state index in [0.29, 0.717) is 0 Å². The molecule has 2 aromatic rings. The topological polar surface area (TPSA) is 76.2 Å². The van der Waals surface area contributed by atoms with Gasteiger partial charge in [-0.25, -0.2) is 4.98 Å². The number of nitrogens with two attached hydrogens (primary N) is 1. The van der Waals surface area contributed by atoms with Crippen LogP contribution in [0.1, 0.15) is 23.7 Å². The van der Waals surface area contributed by atoms with Crippen LogP contribution in [0.4, 0.5) is 0 Å². The van der Waals surface area contributed by atoms with Gasteiger partial charge in [-0.15, -0.1) is 23.7 Å². The second kappa shape index (κ2) is 6.65. The molecule has 0 aliphatic rings. The molecular formula is C13H15ClN2O2S. The molecule has 2 rings (SSSR count). The van der Waals surface area contributed by atoms with Gasteiger partial charge in [0.25, 0.3) is 0 Å². The van der Waals surface area contributed by atoms with Gasteiger partial charge in [0.15, 0.2) is 0 Å². The highest BCUT2D eigenvalue weighted by atomic mass is 35.5. The Balaban J connectivity index is 0.00000180. The van der Waals surface area contributed by atoms with Gasteiger partial charge >= 0.3 is 5.97 Å². The predicted molar refractivity (Wildman–Crippen MR) is 78.7 cm³/mol. The lowest BCUT2D eigenvalue weighted by Gasteiger charge is -2.09. The number of aromatic nitrogens is 1. The number of carboxylic acids is 1. The molecule has 0 radical (unpaired) electrons. The third-order valence-corrected chi connectivity index (χ3v) is 3.72. The van der Waals surface area contributed by atoms with Crippen LogP contribution in [0.2, 0.25) is 0 Å². The number of aryl methyl sites for hydroxylation is 1. The summed E-state index contributed by atoms with van der Waals surface area (Å²) in [6.07, 6.45) is -0.0566. The van der Waals surface area contributed by atoms with Crippen molar-refractivity contribution in [2.75, 3.05) is 0 Å². The first-order valence-electron chi connectivity index (χ1n) is 5.55. The summed E-state index contributed by atoms with van der Waals surface area (Å²) in [4.78, 5) is 15.9. The number of hydrogen-bond acceptors (Lipinski definition) is 4. The van der Waals surface area contributed by atoms with Crippen molar-refractivity contribution < 1.29 is 9.90 Å². The molecule has 0 bridgehead atoms. The Morgan fingerprint density at radius 1 is 1.42 bits per heavy atom. The molecule has 3 N–H and O–H groups in total. The van der Waals surface area contributed by atoms with Gasteiger partial charge in [-0.3, -0.25) is 4.79 Å². The van der Waals surface area contributed by atoms with Crippen molar-refractivity contribution in [1.82, 2.24) is 4.98 Å². The lowest BCUT2D eigenvalue weighted by atomic mass is 10.0. The maximum atomic E-state index is 10.6. The molecule has 1 atom stereocenters. The van der Waals surface area contributed by atoms with Crippen LogP contribution < -0.4 is 5.73 Å². The molecule has 0 saturated carbocycles. The first-order valence-corrected chi connectivity index (χ1v) is 6.43. The van der Waals surface area contributed by atoms with E-state index in [0.717, 1.165) is 21.7 Å². The van der Waals surface area contributed by atoms with Gasteiger partial charge in [0.2, 0.25) is 0 Å². The van der Waals surface area contributed by atoms with Gasteiger partial charge in [0.05, 0.1) is 22.5 Å². The largest absolute Gasteiger partial charge is 0.481 e. The Bertz CT molecular complexity index is 554. The summed E-state index contributed by atoms with van der Waals surface area (Å²) in [5.74, 6) is -0.884. The van der Waals surface area contributed by atoms with Crippen LogP contribution >= 0.6 is 23.7 Å². The number of carboxylic acid groups (broad SMARTS) is 1. The zero-order valence-corrected chi connectivity index (χ0v) is 12.0. The molecule has 19 heavy (non-hydrogen) atoms. The standard InChI is InChI=1S/C13H14N2O2S.ClH/c1-8-13(18-7-15-8)10-4-2-9(3-5-10)11(14)6-12(16)17;/h2-5,7,11H,6,14H2,1H3,(H,16,17);1H. The Morgan fingerprint density at radius 3 is 2.53 bits per heavy atom. The molecule has 0 aliphatic heterocycles. The normalized spacial score (nSPS) is 11.7. The number of aliphatic carboxylic acids is 1. The fourth-order valence-corrected chi connectivity index (χ4v) is 2.58. The van der Waals surface area contributed by atoms with Crippen molar-refractivity contribution in [3.05, 3.63) is 41.0 Å². The molecule has 0 saturated heterocycles. The monoisotopic (exact) mass is 298 g/mol. The van der Waals surface area contributed by atoms with Crippen molar-refractivity contribution in [1.29, 1.82) is 0 Å². The molecule has 0 spiro atoms. The van der Waals surface area contributed by atoms with Gasteiger partial charge in [-0.2, -0.15) is 0 Å². The van der Waals surface area contributed by atoms with E-state index >= 15 is 0 Å². The van der Waals surface area contributed by atoms with Crippen LogP contribution in [0.5, 0.6) is 0 Å². The number of rotatable bonds is 4. The lowest BCUT2D eigenvalue weighted by molar-refractivity contribution is -0.137. The highest BCUT2D eigenvalue weighted by Gasteiger charge is 2.11. The van der Waals surface area contributed by atoms with Crippen LogP contribution in [-0.2, 0) is 4.79 Å². The molecule has 0 amide bonds. The summed E-state index contributed by atoms with van der Waals surface area (Å²) in [5, 5.41) is 8.70. The van der Waals surface area contributed by atoms with Crippen molar-refractivity contribution >= 4 is 29.7 Å². The van der Waals surface area contributed by atoms with Crippen molar-refractivity contribution in [3.8, 4) is 10.4 Å². The van der Waals surface area contributed by atoms with Crippen LogP contribution in [0.25, 0.3) is 10.4 Å². The number of thiazole rings is 1. The highest BCUT2D eigenvalue weighted by molar-refractivity contribution is 7.13. The van der Waals surface area contributed by atoms with E-state index in [4.69, 9.17) is 10.8 Å². The molecule has 4 nitrogen and oxygen atoms in total. The van der Waals surface area contributed by atoms with Crippen LogP contribution in [0.15, 0.2) is 29.8 Å². The first-order chi connectivity index (χ1) is 8.58. The van der Waals surface area contributed by atoms with Crippen LogP contribution in [0.3, 0.4) is 0 Å². The molecule has 1 aromatic carbocycles. The minimum Gasteiger partial charge on any atom is -0.481 e. The molecule has 1 aromatic heterocycles. The van der Waals surface area contributed by atoms with E-state index in [1.54, 1.807) is 11.3 Å². The van der Waals surface area contributed by atoms with Gasteiger partial charge in [0, 0.05) is 6.04 Å². The van der Waals surface area contributed by atoms with Crippen molar-refractivity contribution in [3.63, 3.8) is 0 Å². The summed E-state index contributed by atoms with van der Waals surface area (Å²) in [7, 11) is 0. The summed E-state index contributed by atoms with van der Waals surface area (Å²) in [6, 6.07) is 7.21. The van der Waals surface area contributed by atoms with E-state index in [2.05, 4.69) is 4.98 Å². The van der Waals surface area contributed by atoms with Crippen LogP contribution in [-0.4, -0.2) is 16.1 Å². The zero-order valence-electron chi connectivity index (χ0n) is 10.4. The number of nitrogens with zero attached hydrogens (tertiary/aromatic N) is 1. The van der Waals surface area contributed by atoms with E-state index in [9.17, 15) is 4.79 Å². The number of benzene rings is 1. The lowest BCUT2D eigenvalue weighted by Crippen LogP contribution is -2.14. The van der Waals surface area contributed by atoms with Crippen LogP contribution in [0, 0.1) is 6.92 Å². The van der Waals surface area contributed by atoms with Gasteiger partial charge < -0.3 is 10.8 Å².